The van der Waals surface area contributed by atoms with Crippen molar-refractivity contribution in [3.8, 4) is 0 Å². The molecule has 0 bridgehead atoms. The Morgan fingerprint density at radius 3 is 2.93 bits per heavy atom. The molecule has 76 valence electrons. The van der Waals surface area contributed by atoms with E-state index in [0.29, 0.717) is 17.6 Å². The monoisotopic (exact) mass is 260 g/mol. The summed E-state index contributed by atoms with van der Waals surface area (Å²) in [6.45, 7) is 0.925. The molecule has 0 saturated heterocycles. The lowest BCUT2D eigenvalue weighted by Crippen LogP contribution is -1.99. The molecule has 0 unspecified atom stereocenters. The van der Waals surface area contributed by atoms with E-state index in [1.165, 1.54) is 4.68 Å². The molecule has 7 heteroatoms. The lowest BCUT2D eigenvalue weighted by atomic mass is 10.5. The lowest BCUT2D eigenvalue weighted by molar-refractivity contribution is -0.390. The Hall–Kier alpha value is -1.21. The van der Waals surface area contributed by atoms with E-state index < -0.39 is 4.92 Å². The summed E-state index contributed by atoms with van der Waals surface area (Å²) in [7, 11) is 0. The minimum absolute atomic E-state index is 0.175. The van der Waals surface area contributed by atoms with Crippen molar-refractivity contribution < 1.29 is 4.92 Å². The maximum Gasteiger partial charge on any atom is 0.404 e. The average molecular weight is 261 g/mol. The fourth-order valence-electron chi connectivity index (χ4n) is 0.883. The Morgan fingerprint density at radius 2 is 2.43 bits per heavy atom. The van der Waals surface area contributed by atoms with Gasteiger partial charge in [-0.25, -0.2) is 0 Å². The quantitative estimate of drug-likeness (QED) is 0.499. The average Bonchev–Trinajstić information content (AvgIpc) is 2.47. The predicted molar refractivity (Wildman–Crippen MR) is 54.8 cm³/mol. The smallest absolute Gasteiger partial charge is 0.358 e. The molecule has 0 aliphatic heterocycles. The van der Waals surface area contributed by atoms with E-state index in [0.717, 1.165) is 0 Å². The summed E-state index contributed by atoms with van der Waals surface area (Å²) in [6, 6.07) is 0. The number of nitrogens with zero attached hydrogens (tertiary/aromatic N) is 3. The molecule has 14 heavy (non-hydrogen) atoms. The van der Waals surface area contributed by atoms with Gasteiger partial charge in [0.1, 0.15) is 4.47 Å². The van der Waals surface area contributed by atoms with Crippen LogP contribution in [0.5, 0.6) is 0 Å². The van der Waals surface area contributed by atoms with Gasteiger partial charge in [0.2, 0.25) is 0 Å². The highest BCUT2D eigenvalue weighted by Crippen LogP contribution is 2.21. The zero-order valence-electron chi connectivity index (χ0n) is 7.26. The molecular formula is C7H9BrN4O2. The summed E-state index contributed by atoms with van der Waals surface area (Å²) >= 11 is 3.05. The number of hydrogen-bond acceptors (Lipinski definition) is 4. The van der Waals surface area contributed by atoms with Crippen LogP contribution in [0.4, 0.5) is 5.82 Å². The van der Waals surface area contributed by atoms with Crippen LogP contribution in [0.3, 0.4) is 0 Å². The van der Waals surface area contributed by atoms with Crippen molar-refractivity contribution in [1.82, 2.24) is 9.78 Å². The van der Waals surface area contributed by atoms with Gasteiger partial charge in [-0.05, 0) is 20.9 Å². The minimum Gasteiger partial charge on any atom is -0.358 e. The van der Waals surface area contributed by atoms with E-state index in [9.17, 15) is 10.1 Å². The Kier molecular flexibility index (Phi) is 3.78. The van der Waals surface area contributed by atoms with Gasteiger partial charge in [-0.3, -0.25) is 0 Å². The normalized spacial score (nSPS) is 11.0. The first-order valence-electron chi connectivity index (χ1n) is 3.87. The van der Waals surface area contributed by atoms with Crippen molar-refractivity contribution in [3.05, 3.63) is 32.9 Å². The molecular weight excluding hydrogens is 252 g/mol. The number of nitro groups is 1. The van der Waals surface area contributed by atoms with Gasteiger partial charge >= 0.3 is 5.82 Å². The molecule has 0 amide bonds. The zero-order chi connectivity index (χ0) is 10.6. The highest BCUT2D eigenvalue weighted by Gasteiger charge is 2.17. The summed E-state index contributed by atoms with van der Waals surface area (Å²) in [5.74, 6) is -0.175. The summed E-state index contributed by atoms with van der Waals surface area (Å²) in [6.07, 6.45) is 5.11. The van der Waals surface area contributed by atoms with E-state index in [4.69, 9.17) is 5.73 Å². The summed E-state index contributed by atoms with van der Waals surface area (Å²) in [4.78, 5) is 9.89. The highest BCUT2D eigenvalue weighted by atomic mass is 79.9. The van der Waals surface area contributed by atoms with E-state index in [1.54, 1.807) is 18.3 Å². The fourth-order valence-corrected chi connectivity index (χ4v) is 1.34. The van der Waals surface area contributed by atoms with E-state index in [-0.39, 0.29) is 5.82 Å². The third kappa shape index (κ3) is 2.64. The van der Waals surface area contributed by atoms with Crippen molar-refractivity contribution in [2.45, 2.75) is 6.54 Å². The first-order valence-corrected chi connectivity index (χ1v) is 4.67. The fraction of sp³-hybridized carbons (Fsp3) is 0.286. The second kappa shape index (κ2) is 4.87. The zero-order valence-corrected chi connectivity index (χ0v) is 8.85. The van der Waals surface area contributed by atoms with Gasteiger partial charge in [0.25, 0.3) is 0 Å². The molecule has 0 fully saturated rings. The molecule has 0 saturated carbocycles. The van der Waals surface area contributed by atoms with Crippen LogP contribution in [0.2, 0.25) is 0 Å². The van der Waals surface area contributed by atoms with E-state index in [2.05, 4.69) is 21.0 Å². The van der Waals surface area contributed by atoms with Gasteiger partial charge in [0.05, 0.1) is 17.8 Å². The van der Waals surface area contributed by atoms with Crippen LogP contribution in [-0.4, -0.2) is 21.2 Å². The molecule has 0 aromatic carbocycles. The highest BCUT2D eigenvalue weighted by molar-refractivity contribution is 9.10. The van der Waals surface area contributed by atoms with Crippen LogP contribution >= 0.6 is 15.9 Å². The van der Waals surface area contributed by atoms with Crippen molar-refractivity contribution in [1.29, 1.82) is 0 Å². The molecule has 0 radical (unpaired) electrons. The molecule has 0 spiro atoms. The van der Waals surface area contributed by atoms with Crippen molar-refractivity contribution >= 4 is 21.7 Å². The molecule has 1 rings (SSSR count). The standard InChI is InChI=1S/C7H9BrN4O2/c8-6-5-11(4-2-1-3-9)10-7(6)12(13)14/h1-2,5H,3-4,9H2. The van der Waals surface area contributed by atoms with Gasteiger partial charge in [0, 0.05) is 6.54 Å². The number of allylic oxidation sites excluding steroid dienone is 1. The maximum atomic E-state index is 10.4. The Balaban J connectivity index is 2.76. The molecule has 0 aliphatic rings. The van der Waals surface area contributed by atoms with Crippen LogP contribution in [0, 0.1) is 10.1 Å². The molecule has 0 aliphatic carbocycles. The van der Waals surface area contributed by atoms with Crippen LogP contribution in [0.1, 0.15) is 0 Å². The Bertz CT molecular complexity index is 361. The Labute approximate surface area is 88.7 Å². The molecule has 1 aromatic heterocycles. The van der Waals surface area contributed by atoms with E-state index in [1.807, 2.05) is 0 Å². The van der Waals surface area contributed by atoms with Crippen LogP contribution in [0.15, 0.2) is 22.8 Å². The molecule has 0 atom stereocenters. The second-order valence-electron chi connectivity index (χ2n) is 2.49. The number of rotatable bonds is 4. The van der Waals surface area contributed by atoms with Crippen molar-refractivity contribution in [2.24, 2.45) is 5.73 Å². The lowest BCUT2D eigenvalue weighted by Gasteiger charge is -1.87. The largest absolute Gasteiger partial charge is 0.404 e. The first kappa shape index (κ1) is 10.9. The first-order chi connectivity index (χ1) is 6.65. The molecule has 1 heterocycles. The number of aromatic nitrogens is 2. The molecule has 2 N–H and O–H groups in total. The number of nitrogens with two attached hydrogens (primary N) is 1. The van der Waals surface area contributed by atoms with Crippen molar-refractivity contribution in [3.63, 3.8) is 0 Å². The third-order valence-electron chi connectivity index (χ3n) is 1.47. The SMILES string of the molecule is NCC=CCn1cc(Br)c([N+](=O)[O-])n1. The van der Waals surface area contributed by atoms with Gasteiger partial charge in [-0.2, -0.15) is 4.68 Å². The Morgan fingerprint density at radius 1 is 1.71 bits per heavy atom. The summed E-state index contributed by atoms with van der Waals surface area (Å²) in [5.41, 5.74) is 5.24. The van der Waals surface area contributed by atoms with Gasteiger partial charge in [-0.15, -0.1) is 0 Å². The minimum atomic E-state index is -0.534. The third-order valence-corrected chi connectivity index (χ3v) is 2.03. The predicted octanol–water partition coefficient (Wildman–Crippen LogP) is 1.07. The number of hydrogen-bond donors (Lipinski definition) is 1. The van der Waals surface area contributed by atoms with Crippen LogP contribution in [-0.2, 0) is 6.54 Å². The second-order valence-corrected chi connectivity index (χ2v) is 3.34. The molecule has 6 nitrogen and oxygen atoms in total. The van der Waals surface area contributed by atoms with Gasteiger partial charge < -0.3 is 15.8 Å². The summed E-state index contributed by atoms with van der Waals surface area (Å²) in [5, 5.41) is 14.2. The topological polar surface area (TPSA) is 87.0 Å². The van der Waals surface area contributed by atoms with Crippen LogP contribution in [0.25, 0.3) is 0 Å². The van der Waals surface area contributed by atoms with E-state index >= 15 is 0 Å². The van der Waals surface area contributed by atoms with Gasteiger partial charge in [0.15, 0.2) is 0 Å². The van der Waals surface area contributed by atoms with Crippen LogP contribution < -0.4 is 5.73 Å². The summed E-state index contributed by atoms with van der Waals surface area (Å²) < 4.78 is 1.85. The van der Waals surface area contributed by atoms with Gasteiger partial charge in [-0.1, -0.05) is 12.2 Å². The molecule has 1 aromatic rings. The maximum absolute atomic E-state index is 10.4. The number of halogens is 1. The van der Waals surface area contributed by atoms with Crippen molar-refractivity contribution in [2.75, 3.05) is 6.54 Å².